The van der Waals surface area contributed by atoms with Crippen molar-refractivity contribution in [2.75, 3.05) is 4.90 Å². The van der Waals surface area contributed by atoms with Crippen LogP contribution in [-0.4, -0.2) is 26.5 Å². The van der Waals surface area contributed by atoms with Gasteiger partial charge in [-0.2, -0.15) is 0 Å². The highest BCUT2D eigenvalue weighted by Gasteiger charge is 2.57. The van der Waals surface area contributed by atoms with Gasteiger partial charge in [-0.15, -0.1) is 0 Å². The van der Waals surface area contributed by atoms with Crippen LogP contribution in [0.25, 0.3) is 27.6 Å². The zero-order valence-electron chi connectivity index (χ0n) is 40.6. The molecule has 0 spiro atoms. The Morgan fingerprint density at radius 2 is 1.15 bits per heavy atom. The van der Waals surface area contributed by atoms with Crippen LogP contribution in [0.15, 0.2) is 151 Å². The number of hydrogen-bond donors (Lipinski definition) is 0. The van der Waals surface area contributed by atoms with Crippen LogP contribution in [0.3, 0.4) is 0 Å². The molecule has 2 aromatic heterocycles. The second-order valence-electron chi connectivity index (χ2n) is 21.3. The molecule has 1 atom stereocenters. The minimum atomic E-state index is -0.594. The highest BCUT2D eigenvalue weighted by molar-refractivity contribution is 6.14. The third kappa shape index (κ3) is 7.73. The average Bonchev–Trinajstić information content (AvgIpc) is 3.67. The molecule has 65 heavy (non-hydrogen) atoms. The molecule has 8 aromatic rings. The Morgan fingerprint density at radius 1 is 0.554 bits per heavy atom. The molecule has 0 saturated carbocycles. The number of anilines is 1. The molecule has 0 saturated heterocycles. The van der Waals surface area contributed by atoms with Gasteiger partial charge in [-0.1, -0.05) is 126 Å². The number of aliphatic imine (C=N–C) groups is 1. The van der Waals surface area contributed by atoms with E-state index in [1.807, 2.05) is 6.20 Å². The number of aryl methyl sites for hydroxylation is 4. The van der Waals surface area contributed by atoms with Gasteiger partial charge in [0.2, 0.25) is 0 Å². The van der Waals surface area contributed by atoms with Gasteiger partial charge in [0.15, 0.2) is 0 Å². The van der Waals surface area contributed by atoms with Crippen LogP contribution in [0.2, 0.25) is 0 Å². The summed E-state index contributed by atoms with van der Waals surface area (Å²) in [5.74, 6) is 3.33. The maximum absolute atomic E-state index is 7.00. The third-order valence-corrected chi connectivity index (χ3v) is 14.0. The van der Waals surface area contributed by atoms with Crippen LogP contribution in [0.4, 0.5) is 5.69 Å². The molecule has 0 bridgehead atoms. The van der Waals surface area contributed by atoms with Gasteiger partial charge in [0.25, 0.3) is 0 Å². The lowest BCUT2D eigenvalue weighted by Crippen LogP contribution is -2.57. The van der Waals surface area contributed by atoms with E-state index in [1.54, 1.807) is 0 Å². The lowest BCUT2D eigenvalue weighted by atomic mass is 9.67. The summed E-state index contributed by atoms with van der Waals surface area (Å²) in [6, 6.07) is 50.8. The van der Waals surface area contributed by atoms with Crippen LogP contribution >= 0.6 is 0 Å². The quantitative estimate of drug-likeness (QED) is 0.153. The van der Waals surface area contributed by atoms with Gasteiger partial charge in [0, 0.05) is 40.2 Å². The van der Waals surface area contributed by atoms with Crippen molar-refractivity contribution in [2.45, 2.75) is 118 Å². The lowest BCUT2D eigenvalue weighted by Gasteiger charge is -2.48. The molecule has 9 rings (SSSR count). The number of ether oxygens (including phenoxy) is 1. The molecule has 6 aromatic carbocycles. The van der Waals surface area contributed by atoms with Gasteiger partial charge in [-0.3, -0.25) is 9.56 Å². The Balaban J connectivity index is 1.21. The summed E-state index contributed by atoms with van der Waals surface area (Å²) in [7, 11) is 0. The predicted octanol–water partition coefficient (Wildman–Crippen LogP) is 15.4. The van der Waals surface area contributed by atoms with Crippen LogP contribution in [-0.2, 0) is 10.8 Å². The van der Waals surface area contributed by atoms with E-state index in [9.17, 15) is 0 Å². The van der Waals surface area contributed by atoms with Crippen LogP contribution < -0.4 is 9.64 Å². The summed E-state index contributed by atoms with van der Waals surface area (Å²) in [5.41, 5.74) is 13.1. The number of aromatic nitrogens is 2. The van der Waals surface area contributed by atoms with E-state index in [-0.39, 0.29) is 16.7 Å². The summed E-state index contributed by atoms with van der Waals surface area (Å²) < 4.78 is 9.30. The predicted molar refractivity (Wildman–Crippen MR) is 274 cm³/mol. The molecular formula is C60H64N4O. The van der Waals surface area contributed by atoms with E-state index in [4.69, 9.17) is 14.7 Å². The molecule has 0 fully saturated rings. The van der Waals surface area contributed by atoms with Crippen LogP contribution in [0, 0.1) is 27.7 Å². The fourth-order valence-electron chi connectivity index (χ4n) is 10.4. The monoisotopic (exact) mass is 857 g/mol. The Kier molecular flexibility index (Phi) is 10.7. The number of pyridine rings is 1. The molecule has 0 radical (unpaired) electrons. The summed E-state index contributed by atoms with van der Waals surface area (Å²) >= 11 is 0. The molecule has 0 amide bonds. The minimum absolute atomic E-state index is 0.00560. The first-order valence-corrected chi connectivity index (χ1v) is 23.2. The van der Waals surface area contributed by atoms with E-state index in [0.29, 0.717) is 0 Å². The summed E-state index contributed by atoms with van der Waals surface area (Å²) in [4.78, 5) is 13.5. The Morgan fingerprint density at radius 3 is 1.77 bits per heavy atom. The highest BCUT2D eigenvalue weighted by Crippen LogP contribution is 2.53. The first kappa shape index (κ1) is 43.8. The fraction of sp³-hybridized carbons (Fsp3) is 0.300. The smallest absolute Gasteiger partial charge is 0.137 e. The second-order valence-corrected chi connectivity index (χ2v) is 21.3. The van der Waals surface area contributed by atoms with Crippen LogP contribution in [0.5, 0.6) is 11.5 Å². The molecular weight excluding hydrogens is 793 g/mol. The number of rotatable bonds is 8. The van der Waals surface area contributed by atoms with Crippen molar-refractivity contribution < 1.29 is 4.74 Å². The van der Waals surface area contributed by atoms with Gasteiger partial charge in [-0.05, 0) is 153 Å². The largest absolute Gasteiger partial charge is 0.457 e. The fourth-order valence-corrected chi connectivity index (χ4v) is 10.4. The first-order valence-electron chi connectivity index (χ1n) is 23.2. The van der Waals surface area contributed by atoms with E-state index in [0.717, 1.165) is 45.3 Å². The van der Waals surface area contributed by atoms with Crippen molar-refractivity contribution in [2.24, 2.45) is 4.99 Å². The molecule has 0 unspecified atom stereocenters. The summed E-state index contributed by atoms with van der Waals surface area (Å²) in [5, 5.41) is 2.37. The number of benzene rings is 6. The molecule has 0 aliphatic carbocycles. The van der Waals surface area contributed by atoms with E-state index in [1.165, 1.54) is 55.4 Å². The molecule has 1 aliphatic rings. The van der Waals surface area contributed by atoms with Crippen molar-refractivity contribution in [3.63, 3.8) is 0 Å². The zero-order chi connectivity index (χ0) is 46.2. The number of hydrogen-bond acceptors (Lipinski definition) is 4. The van der Waals surface area contributed by atoms with Crippen molar-refractivity contribution in [3.8, 4) is 17.3 Å². The Labute approximate surface area is 386 Å². The molecule has 5 heteroatoms. The van der Waals surface area contributed by atoms with Gasteiger partial charge < -0.3 is 9.64 Å². The van der Waals surface area contributed by atoms with Gasteiger partial charge in [0.05, 0.1) is 22.1 Å². The Bertz CT molecular complexity index is 3060. The second kappa shape index (κ2) is 15.9. The highest BCUT2D eigenvalue weighted by atomic mass is 16.5. The lowest BCUT2D eigenvalue weighted by molar-refractivity contribution is 0.279. The number of amidine groups is 1. The molecule has 3 heterocycles. The third-order valence-electron chi connectivity index (χ3n) is 14.0. The van der Waals surface area contributed by atoms with E-state index < -0.39 is 11.1 Å². The average molecular weight is 857 g/mol. The molecule has 330 valence electrons. The number of nitrogens with zero attached hydrogens (tertiary/aromatic N) is 4. The summed E-state index contributed by atoms with van der Waals surface area (Å²) in [6.45, 7) is 29.5. The van der Waals surface area contributed by atoms with E-state index in [2.05, 4.69) is 239 Å². The van der Waals surface area contributed by atoms with Gasteiger partial charge in [-0.25, -0.2) is 4.98 Å². The Hall–Kier alpha value is -6.46. The van der Waals surface area contributed by atoms with Gasteiger partial charge >= 0.3 is 0 Å². The van der Waals surface area contributed by atoms with Crippen molar-refractivity contribution in [3.05, 3.63) is 196 Å². The maximum atomic E-state index is 7.00. The maximum Gasteiger partial charge on any atom is 0.137 e. The standard InChI is InChI=1S/C60H64N4O/c1-38-30-40(3)55(41(4)31-38)64-56(62-60(13,59(64,11)12)54(42-20-16-14-17-21-42)43-22-18-15-19-23-43)44-32-39(2)33-48(34-44)65-47-25-26-49-50-35-45(57(5,6)7)24-27-51(50)63(52(49)37-47)53-36-46(28-29-61-53)58(8,9)10/h14-37,54H,1-13H3/t60-/m1/s1. The normalized spacial score (nSPS) is 16.5. The van der Waals surface area contributed by atoms with Crippen LogP contribution in [0.1, 0.15) is 118 Å². The van der Waals surface area contributed by atoms with Crippen molar-refractivity contribution in [1.29, 1.82) is 0 Å². The zero-order valence-corrected chi connectivity index (χ0v) is 40.6. The topological polar surface area (TPSA) is 42.6 Å². The SMILES string of the molecule is Cc1cc(Oc2ccc3c4cc(C(C)(C)C)ccc4n(-c4cc(C(C)(C)C)ccn4)c3c2)cc(C2=N[C@](C)(C(c3ccccc3)c3ccccc3)C(C)(C)N2c2c(C)cc(C)cc2C)c1. The van der Waals surface area contributed by atoms with Crippen molar-refractivity contribution in [1.82, 2.24) is 9.55 Å². The minimum Gasteiger partial charge on any atom is -0.457 e. The number of fused-ring (bicyclic) bond motifs is 3. The van der Waals surface area contributed by atoms with E-state index >= 15 is 0 Å². The molecule has 1 aliphatic heterocycles. The molecule has 5 nitrogen and oxygen atoms in total. The van der Waals surface area contributed by atoms with Gasteiger partial charge in [0.1, 0.15) is 23.2 Å². The molecule has 0 N–H and O–H groups in total. The first-order chi connectivity index (χ1) is 30.7. The van der Waals surface area contributed by atoms with Crippen molar-refractivity contribution >= 4 is 33.3 Å². The summed E-state index contributed by atoms with van der Waals surface area (Å²) in [6.07, 6.45) is 1.94.